The van der Waals surface area contributed by atoms with Crippen molar-refractivity contribution in [1.29, 1.82) is 0 Å². The molecule has 1 aliphatic rings. The second-order valence-electron chi connectivity index (χ2n) is 7.87. The highest BCUT2D eigenvalue weighted by molar-refractivity contribution is 7.86. The van der Waals surface area contributed by atoms with Gasteiger partial charge in [-0.25, -0.2) is 4.79 Å². The number of aromatic nitrogens is 2. The van der Waals surface area contributed by atoms with Crippen molar-refractivity contribution in [3.8, 4) is 0 Å². The van der Waals surface area contributed by atoms with Crippen molar-refractivity contribution < 1.29 is 25.9 Å². The first-order chi connectivity index (χ1) is 15.5. The predicted octanol–water partition coefficient (Wildman–Crippen LogP) is 2.03. The predicted molar refractivity (Wildman–Crippen MR) is 118 cm³/mol. The van der Waals surface area contributed by atoms with Crippen molar-refractivity contribution in [3.63, 3.8) is 0 Å². The Bertz CT molecular complexity index is 1290. The minimum Gasteiger partial charge on any atom is -0.369 e. The number of piperazine rings is 1. The van der Waals surface area contributed by atoms with Crippen molar-refractivity contribution in [1.82, 2.24) is 14.2 Å². The number of halogens is 3. The van der Waals surface area contributed by atoms with Crippen LogP contribution in [0, 0.1) is 0 Å². The van der Waals surface area contributed by atoms with E-state index in [0.29, 0.717) is 50.3 Å². The number of fused-ring (bicyclic) bond motifs is 1. The molecule has 33 heavy (non-hydrogen) atoms. The zero-order valence-corrected chi connectivity index (χ0v) is 18.6. The van der Waals surface area contributed by atoms with Crippen molar-refractivity contribution in [2.24, 2.45) is 0 Å². The van der Waals surface area contributed by atoms with E-state index in [9.17, 15) is 26.4 Å². The molecule has 0 radical (unpaired) electrons. The molecule has 0 atom stereocenters. The topological polar surface area (TPSA) is 76.8 Å². The normalized spacial score (nSPS) is 15.8. The third-order valence-electron chi connectivity index (χ3n) is 5.58. The molecule has 0 aliphatic carbocycles. The van der Waals surface area contributed by atoms with Gasteiger partial charge in [-0.2, -0.15) is 21.6 Å². The molecule has 1 saturated heterocycles. The summed E-state index contributed by atoms with van der Waals surface area (Å²) in [6.07, 6.45) is -3.48. The van der Waals surface area contributed by atoms with Crippen molar-refractivity contribution in [2.75, 3.05) is 43.9 Å². The average Bonchev–Trinajstić information content (AvgIpc) is 3.02. The van der Waals surface area contributed by atoms with Crippen LogP contribution in [0.25, 0.3) is 11.0 Å². The Labute approximate surface area is 188 Å². The van der Waals surface area contributed by atoms with Gasteiger partial charge in [0.15, 0.2) is 0 Å². The first-order valence-electron chi connectivity index (χ1n) is 10.3. The zero-order chi connectivity index (χ0) is 23.8. The van der Waals surface area contributed by atoms with E-state index in [-0.39, 0.29) is 0 Å². The molecule has 0 bridgehead atoms. The Kier molecular flexibility index (Phi) is 6.14. The molecule has 3 aromatic rings. The quantitative estimate of drug-likeness (QED) is 0.533. The Hall–Kier alpha value is -2.99. The van der Waals surface area contributed by atoms with Gasteiger partial charge >= 0.3 is 22.0 Å². The molecule has 2 heterocycles. The molecule has 0 unspecified atom stereocenters. The lowest BCUT2D eigenvalue weighted by molar-refractivity contribution is -0.137. The van der Waals surface area contributed by atoms with Crippen LogP contribution in [0.5, 0.6) is 0 Å². The van der Waals surface area contributed by atoms with Crippen LogP contribution in [0.3, 0.4) is 0 Å². The molecule has 4 rings (SSSR count). The number of rotatable bonds is 6. The van der Waals surface area contributed by atoms with Crippen LogP contribution in [0.15, 0.2) is 53.3 Å². The summed E-state index contributed by atoms with van der Waals surface area (Å²) in [5.74, 6) is 0. The van der Waals surface area contributed by atoms with Crippen LogP contribution in [-0.2, 0) is 22.8 Å². The van der Waals surface area contributed by atoms with Crippen LogP contribution in [0.4, 0.5) is 18.9 Å². The number of alkyl halides is 3. The SMILES string of the molecule is CS(=O)(=O)On1c(=O)n(CCN2CCN(c3ccc(C(F)(F)F)cc3)CC2)c2ccccc21. The second-order valence-corrected chi connectivity index (χ2v) is 9.43. The monoisotopic (exact) mass is 484 g/mol. The van der Waals surface area contributed by atoms with Gasteiger partial charge in [0, 0.05) is 45.0 Å². The maximum absolute atomic E-state index is 12.8. The number of imidazole rings is 1. The standard InChI is InChI=1S/C21H23F3N4O4S/c1-33(30,31)32-28-19-5-3-2-4-18(19)27(20(28)29)15-12-25-10-13-26(14-11-25)17-8-6-16(7-9-17)21(22,23)24/h2-9H,10-15H2,1H3. The van der Waals surface area contributed by atoms with Crippen LogP contribution in [0.2, 0.25) is 0 Å². The van der Waals surface area contributed by atoms with E-state index in [1.54, 1.807) is 24.3 Å². The van der Waals surface area contributed by atoms with Gasteiger partial charge in [-0.05, 0) is 36.4 Å². The lowest BCUT2D eigenvalue weighted by atomic mass is 10.1. The van der Waals surface area contributed by atoms with Gasteiger partial charge in [-0.1, -0.05) is 12.1 Å². The largest absolute Gasteiger partial charge is 0.416 e. The summed E-state index contributed by atoms with van der Waals surface area (Å²) < 4.78 is 68.6. The summed E-state index contributed by atoms with van der Waals surface area (Å²) in [7, 11) is -3.89. The number of anilines is 1. The molecule has 0 spiro atoms. The van der Waals surface area contributed by atoms with E-state index in [1.165, 1.54) is 16.7 Å². The lowest BCUT2D eigenvalue weighted by Crippen LogP contribution is -2.47. The van der Waals surface area contributed by atoms with Gasteiger partial charge in [0.05, 0.1) is 17.3 Å². The highest BCUT2D eigenvalue weighted by atomic mass is 32.2. The summed E-state index contributed by atoms with van der Waals surface area (Å²) >= 11 is 0. The Morgan fingerprint density at radius 1 is 0.909 bits per heavy atom. The molecular formula is C21H23F3N4O4S. The highest BCUT2D eigenvalue weighted by Gasteiger charge is 2.30. The molecule has 1 aliphatic heterocycles. The van der Waals surface area contributed by atoms with Gasteiger partial charge in [0.1, 0.15) is 5.52 Å². The van der Waals surface area contributed by atoms with E-state index in [2.05, 4.69) is 4.90 Å². The summed E-state index contributed by atoms with van der Waals surface area (Å²) in [5, 5.41) is 0. The Balaban J connectivity index is 1.41. The minimum absolute atomic E-state index is 0.333. The third kappa shape index (κ3) is 5.17. The summed E-state index contributed by atoms with van der Waals surface area (Å²) in [6, 6.07) is 11.9. The van der Waals surface area contributed by atoms with E-state index in [1.807, 2.05) is 4.90 Å². The van der Waals surface area contributed by atoms with E-state index < -0.39 is 27.5 Å². The molecule has 12 heteroatoms. The second kappa shape index (κ2) is 8.75. The van der Waals surface area contributed by atoms with Crippen LogP contribution >= 0.6 is 0 Å². The van der Waals surface area contributed by atoms with Crippen molar-refractivity contribution >= 4 is 26.8 Å². The first kappa shape index (κ1) is 23.2. The average molecular weight is 485 g/mol. The van der Waals surface area contributed by atoms with E-state index in [0.717, 1.165) is 28.8 Å². The molecule has 0 amide bonds. The van der Waals surface area contributed by atoms with Crippen LogP contribution < -0.4 is 14.9 Å². The van der Waals surface area contributed by atoms with Gasteiger partial charge in [0.2, 0.25) is 0 Å². The third-order valence-corrected chi connectivity index (χ3v) is 6.00. The first-order valence-corrected chi connectivity index (χ1v) is 12.1. The fourth-order valence-electron chi connectivity index (χ4n) is 3.94. The molecule has 2 aromatic carbocycles. The van der Waals surface area contributed by atoms with Crippen molar-refractivity contribution in [3.05, 3.63) is 64.6 Å². The maximum atomic E-state index is 12.8. The summed E-state index contributed by atoms with van der Waals surface area (Å²) in [6.45, 7) is 3.51. The van der Waals surface area contributed by atoms with E-state index in [4.69, 9.17) is 4.28 Å². The summed E-state index contributed by atoms with van der Waals surface area (Å²) in [4.78, 5) is 17.0. The molecule has 1 fully saturated rings. The highest BCUT2D eigenvalue weighted by Crippen LogP contribution is 2.30. The number of nitrogens with zero attached hydrogens (tertiary/aromatic N) is 4. The Morgan fingerprint density at radius 3 is 2.09 bits per heavy atom. The molecule has 178 valence electrons. The van der Waals surface area contributed by atoms with Gasteiger partial charge in [0.25, 0.3) is 0 Å². The minimum atomic E-state index is -4.36. The maximum Gasteiger partial charge on any atom is 0.416 e. The van der Waals surface area contributed by atoms with Crippen molar-refractivity contribution in [2.45, 2.75) is 12.7 Å². The van der Waals surface area contributed by atoms with Crippen LogP contribution in [0.1, 0.15) is 5.56 Å². The number of benzene rings is 2. The molecule has 0 saturated carbocycles. The fourth-order valence-corrected chi connectivity index (χ4v) is 4.35. The molecule has 1 aromatic heterocycles. The smallest absolute Gasteiger partial charge is 0.369 e. The summed E-state index contributed by atoms with van der Waals surface area (Å²) in [5.41, 5.74) is 0.411. The lowest BCUT2D eigenvalue weighted by Gasteiger charge is -2.36. The van der Waals surface area contributed by atoms with Gasteiger partial charge in [-0.15, -0.1) is 4.73 Å². The number of para-hydroxylation sites is 2. The fraction of sp³-hybridized carbons (Fsp3) is 0.381. The zero-order valence-electron chi connectivity index (χ0n) is 17.8. The van der Waals surface area contributed by atoms with Gasteiger partial charge < -0.3 is 4.90 Å². The Morgan fingerprint density at radius 2 is 1.52 bits per heavy atom. The number of hydrogen-bond donors (Lipinski definition) is 0. The number of hydrogen-bond acceptors (Lipinski definition) is 6. The molecule has 0 N–H and O–H groups in total. The van der Waals surface area contributed by atoms with Crippen LogP contribution in [-0.4, -0.2) is 61.6 Å². The molecular weight excluding hydrogens is 461 g/mol. The van der Waals surface area contributed by atoms with Gasteiger partial charge in [-0.3, -0.25) is 13.8 Å². The molecule has 8 nitrogen and oxygen atoms in total. The van der Waals surface area contributed by atoms with E-state index >= 15 is 0 Å².